The zero-order chi connectivity index (χ0) is 17.1. The third kappa shape index (κ3) is 5.11. The summed E-state index contributed by atoms with van der Waals surface area (Å²) in [7, 11) is 1.57. The van der Waals surface area contributed by atoms with Gasteiger partial charge in [0.2, 0.25) is 0 Å². The SMILES string of the molecule is COc1ccc(CC2(O)CCNC2)c(NC(=O)OC(C)(C)C)c1. The quantitative estimate of drug-likeness (QED) is 0.793. The minimum absolute atomic E-state index is 0.453. The molecule has 1 aliphatic rings. The molecule has 0 spiro atoms. The first-order valence-electron chi connectivity index (χ1n) is 7.81. The highest BCUT2D eigenvalue weighted by Crippen LogP contribution is 2.29. The average Bonchev–Trinajstić information content (AvgIpc) is 2.85. The van der Waals surface area contributed by atoms with Crippen LogP contribution in [0, 0.1) is 0 Å². The summed E-state index contributed by atoms with van der Waals surface area (Å²) in [5, 5.41) is 16.5. The van der Waals surface area contributed by atoms with Gasteiger partial charge < -0.3 is 19.9 Å². The number of aliphatic hydroxyl groups is 1. The molecule has 1 aliphatic heterocycles. The molecule has 0 bridgehead atoms. The van der Waals surface area contributed by atoms with Crippen molar-refractivity contribution in [2.24, 2.45) is 0 Å². The monoisotopic (exact) mass is 322 g/mol. The summed E-state index contributed by atoms with van der Waals surface area (Å²) in [5.74, 6) is 0.636. The van der Waals surface area contributed by atoms with E-state index in [1.165, 1.54) is 0 Å². The van der Waals surface area contributed by atoms with Crippen molar-refractivity contribution in [1.29, 1.82) is 0 Å². The van der Waals surface area contributed by atoms with E-state index < -0.39 is 17.3 Å². The fourth-order valence-corrected chi connectivity index (χ4v) is 2.60. The highest BCUT2D eigenvalue weighted by atomic mass is 16.6. The van der Waals surface area contributed by atoms with Gasteiger partial charge in [-0.05, 0) is 45.4 Å². The molecule has 0 aromatic heterocycles. The number of methoxy groups -OCH3 is 1. The van der Waals surface area contributed by atoms with E-state index in [4.69, 9.17) is 9.47 Å². The lowest BCUT2D eigenvalue weighted by Gasteiger charge is -2.24. The van der Waals surface area contributed by atoms with Crippen LogP contribution < -0.4 is 15.4 Å². The first kappa shape index (κ1) is 17.6. The summed E-state index contributed by atoms with van der Waals surface area (Å²) < 4.78 is 10.5. The van der Waals surface area contributed by atoms with Gasteiger partial charge in [0.05, 0.1) is 18.4 Å². The van der Waals surface area contributed by atoms with E-state index in [1.807, 2.05) is 32.9 Å². The minimum atomic E-state index is -0.793. The van der Waals surface area contributed by atoms with Gasteiger partial charge in [-0.15, -0.1) is 0 Å². The second kappa shape index (κ2) is 6.76. The van der Waals surface area contributed by atoms with Crippen LogP contribution in [-0.4, -0.2) is 42.6 Å². The van der Waals surface area contributed by atoms with Gasteiger partial charge in [-0.2, -0.15) is 0 Å². The number of hydrogen-bond donors (Lipinski definition) is 3. The maximum Gasteiger partial charge on any atom is 0.412 e. The largest absolute Gasteiger partial charge is 0.497 e. The van der Waals surface area contributed by atoms with Crippen LogP contribution in [0.5, 0.6) is 5.75 Å². The van der Waals surface area contributed by atoms with Gasteiger partial charge in [0.1, 0.15) is 11.4 Å². The van der Waals surface area contributed by atoms with E-state index in [9.17, 15) is 9.90 Å². The molecule has 1 saturated heterocycles. The molecule has 0 aliphatic carbocycles. The van der Waals surface area contributed by atoms with Crippen molar-refractivity contribution < 1.29 is 19.4 Å². The summed E-state index contributed by atoms with van der Waals surface area (Å²) in [6.45, 7) is 6.77. The number of hydrogen-bond acceptors (Lipinski definition) is 5. The second-order valence-corrected chi connectivity index (χ2v) is 6.98. The van der Waals surface area contributed by atoms with E-state index in [2.05, 4.69) is 10.6 Å². The molecule has 1 heterocycles. The molecule has 0 saturated carbocycles. The van der Waals surface area contributed by atoms with Crippen LogP contribution in [0.25, 0.3) is 0 Å². The van der Waals surface area contributed by atoms with Crippen LogP contribution in [0.4, 0.5) is 10.5 Å². The Morgan fingerprint density at radius 2 is 2.17 bits per heavy atom. The fraction of sp³-hybridized carbons (Fsp3) is 0.588. The maximum absolute atomic E-state index is 12.0. The molecule has 128 valence electrons. The third-order valence-corrected chi connectivity index (χ3v) is 3.69. The molecule has 6 nitrogen and oxygen atoms in total. The lowest BCUT2D eigenvalue weighted by molar-refractivity contribution is 0.0604. The van der Waals surface area contributed by atoms with E-state index >= 15 is 0 Å². The molecule has 0 radical (unpaired) electrons. The number of anilines is 1. The number of β-amino-alcohol motifs (C(OH)–C–C–N with tert-alkyl or cyclic N) is 1. The van der Waals surface area contributed by atoms with Crippen LogP contribution in [-0.2, 0) is 11.2 Å². The Kier molecular flexibility index (Phi) is 5.16. The van der Waals surface area contributed by atoms with E-state index in [1.54, 1.807) is 13.2 Å². The van der Waals surface area contributed by atoms with E-state index in [-0.39, 0.29) is 0 Å². The van der Waals surface area contributed by atoms with Crippen LogP contribution in [0.1, 0.15) is 32.8 Å². The lowest BCUT2D eigenvalue weighted by atomic mass is 9.92. The molecule has 1 fully saturated rings. The van der Waals surface area contributed by atoms with Crippen molar-refractivity contribution in [3.63, 3.8) is 0 Å². The zero-order valence-electron chi connectivity index (χ0n) is 14.2. The van der Waals surface area contributed by atoms with E-state index in [0.717, 1.165) is 12.1 Å². The van der Waals surface area contributed by atoms with Crippen LogP contribution in [0.2, 0.25) is 0 Å². The standard InChI is InChI=1S/C17H26N2O4/c1-16(2,3)23-15(20)19-14-9-13(22-4)6-5-12(14)10-17(21)7-8-18-11-17/h5-6,9,18,21H,7-8,10-11H2,1-4H3,(H,19,20). The van der Waals surface area contributed by atoms with Gasteiger partial charge in [-0.3, -0.25) is 5.32 Å². The molecule has 1 atom stereocenters. The molecular formula is C17H26N2O4. The first-order chi connectivity index (χ1) is 10.7. The van der Waals surface area contributed by atoms with Crippen LogP contribution in [0.3, 0.4) is 0 Å². The van der Waals surface area contributed by atoms with Crippen molar-refractivity contribution in [3.8, 4) is 5.75 Å². The summed E-state index contributed by atoms with van der Waals surface area (Å²) in [6, 6.07) is 5.42. The van der Waals surface area contributed by atoms with Crippen LogP contribution in [0.15, 0.2) is 18.2 Å². The number of nitrogens with one attached hydrogen (secondary N) is 2. The summed E-state index contributed by atoms with van der Waals surface area (Å²) in [6.07, 6.45) is 0.614. The highest BCUT2D eigenvalue weighted by molar-refractivity contribution is 5.86. The molecule has 1 unspecified atom stereocenters. The first-order valence-corrected chi connectivity index (χ1v) is 7.81. The number of carbonyl (C=O) groups excluding carboxylic acids is 1. The minimum Gasteiger partial charge on any atom is -0.497 e. The summed E-state index contributed by atoms with van der Waals surface area (Å²) in [5.41, 5.74) is 0.0807. The van der Waals surface area contributed by atoms with Gasteiger partial charge in [0, 0.05) is 19.0 Å². The van der Waals surface area contributed by atoms with Crippen LogP contribution >= 0.6 is 0 Å². The molecule has 1 aromatic rings. The van der Waals surface area contributed by atoms with Gasteiger partial charge in [-0.25, -0.2) is 4.79 Å². The Morgan fingerprint density at radius 1 is 1.43 bits per heavy atom. The molecule has 1 aromatic carbocycles. The van der Waals surface area contributed by atoms with Crippen molar-refractivity contribution in [3.05, 3.63) is 23.8 Å². The Bertz CT molecular complexity index is 560. The summed E-state index contributed by atoms with van der Waals surface area (Å²) >= 11 is 0. The van der Waals surface area contributed by atoms with Crippen molar-refractivity contribution in [1.82, 2.24) is 5.32 Å². The predicted octanol–water partition coefficient (Wildman–Crippen LogP) is 2.31. The smallest absolute Gasteiger partial charge is 0.412 e. The normalized spacial score (nSPS) is 21.1. The summed E-state index contributed by atoms with van der Waals surface area (Å²) in [4.78, 5) is 12.0. The van der Waals surface area contributed by atoms with Crippen molar-refractivity contribution >= 4 is 11.8 Å². The Morgan fingerprint density at radius 3 is 2.74 bits per heavy atom. The van der Waals surface area contributed by atoms with E-state index in [0.29, 0.717) is 30.8 Å². The number of rotatable bonds is 4. The maximum atomic E-state index is 12.0. The average molecular weight is 322 g/mol. The number of carbonyl (C=O) groups is 1. The Balaban J connectivity index is 2.19. The number of amides is 1. The van der Waals surface area contributed by atoms with Gasteiger partial charge in [-0.1, -0.05) is 6.07 Å². The van der Waals surface area contributed by atoms with Crippen molar-refractivity contribution in [2.45, 2.75) is 44.8 Å². The molecule has 23 heavy (non-hydrogen) atoms. The van der Waals surface area contributed by atoms with Crippen molar-refractivity contribution in [2.75, 3.05) is 25.5 Å². The number of benzene rings is 1. The second-order valence-electron chi connectivity index (χ2n) is 6.98. The molecule has 2 rings (SSSR count). The zero-order valence-corrected chi connectivity index (χ0v) is 14.2. The molecule has 3 N–H and O–H groups in total. The third-order valence-electron chi connectivity index (χ3n) is 3.69. The van der Waals surface area contributed by atoms with Gasteiger partial charge in [0.15, 0.2) is 0 Å². The molecule has 6 heteroatoms. The highest BCUT2D eigenvalue weighted by Gasteiger charge is 2.32. The van der Waals surface area contributed by atoms with Gasteiger partial charge in [0.25, 0.3) is 0 Å². The molecular weight excluding hydrogens is 296 g/mol. The molecule has 1 amide bonds. The Hall–Kier alpha value is -1.79. The lowest BCUT2D eigenvalue weighted by Crippen LogP contribution is -2.34. The van der Waals surface area contributed by atoms with Gasteiger partial charge >= 0.3 is 6.09 Å². The topological polar surface area (TPSA) is 79.8 Å². The predicted molar refractivity (Wildman–Crippen MR) is 89.0 cm³/mol. The Labute approximate surface area is 137 Å². The number of ether oxygens (including phenoxy) is 2. The fourth-order valence-electron chi connectivity index (χ4n) is 2.60.